The van der Waals surface area contributed by atoms with Gasteiger partial charge >= 0.3 is 18.0 Å². The van der Waals surface area contributed by atoms with Crippen molar-refractivity contribution in [1.29, 1.82) is 0 Å². The van der Waals surface area contributed by atoms with Gasteiger partial charge in [-0.05, 0) is 49.9 Å². The lowest BCUT2D eigenvalue weighted by Crippen LogP contribution is -2.52. The van der Waals surface area contributed by atoms with Gasteiger partial charge in [-0.15, -0.1) is 0 Å². The van der Waals surface area contributed by atoms with Crippen LogP contribution in [0.2, 0.25) is 0 Å². The van der Waals surface area contributed by atoms with E-state index in [2.05, 4.69) is 16.2 Å². The predicted octanol–water partition coefficient (Wildman–Crippen LogP) is 2.40. The Hall–Kier alpha value is -3.88. The van der Waals surface area contributed by atoms with Crippen molar-refractivity contribution in [2.24, 2.45) is 0 Å². The first-order valence-electron chi connectivity index (χ1n) is 10.5. The zero-order valence-electron chi connectivity index (χ0n) is 18.9. The quantitative estimate of drug-likeness (QED) is 0.371. The number of carbonyl (C=O) groups excluding carboxylic acids is 4. The summed E-state index contributed by atoms with van der Waals surface area (Å²) >= 11 is 0. The minimum Gasteiger partial charge on any atom is -0.453 e. The van der Waals surface area contributed by atoms with E-state index in [0.717, 1.165) is 22.3 Å². The summed E-state index contributed by atoms with van der Waals surface area (Å²) in [6.45, 7) is 6.30. The largest absolute Gasteiger partial charge is 0.453 e. The minimum absolute atomic E-state index is 0.0840. The van der Waals surface area contributed by atoms with E-state index in [1.54, 1.807) is 20.8 Å². The van der Waals surface area contributed by atoms with Crippen LogP contribution in [-0.2, 0) is 23.9 Å². The number of ether oxygens (including phenoxy) is 2. The normalized spacial score (nSPS) is 13.2. The highest BCUT2D eigenvalue weighted by Crippen LogP contribution is 2.44. The number of rotatable bonds is 4. The van der Waals surface area contributed by atoms with Crippen LogP contribution < -0.4 is 16.2 Å². The molecule has 3 rings (SSSR count). The maximum Gasteiger partial charge on any atom is 0.426 e. The maximum absolute atomic E-state index is 12.1. The van der Waals surface area contributed by atoms with Gasteiger partial charge in [0.2, 0.25) is 0 Å². The number of hydrogen-bond donors (Lipinski definition) is 3. The lowest BCUT2D eigenvalue weighted by atomic mass is 9.98. The summed E-state index contributed by atoms with van der Waals surface area (Å²) in [5.74, 6) is -3.02. The Labute approximate surface area is 191 Å². The Morgan fingerprint density at radius 2 is 1.45 bits per heavy atom. The molecule has 2 aromatic rings. The van der Waals surface area contributed by atoms with Gasteiger partial charge in [-0.2, -0.15) is 0 Å². The molecule has 3 amide bonds. The van der Waals surface area contributed by atoms with Gasteiger partial charge in [-0.25, -0.2) is 15.0 Å². The molecule has 33 heavy (non-hydrogen) atoms. The van der Waals surface area contributed by atoms with E-state index in [4.69, 9.17) is 9.47 Å². The Kier molecular flexibility index (Phi) is 7.01. The third kappa shape index (κ3) is 5.88. The van der Waals surface area contributed by atoms with Crippen molar-refractivity contribution < 1.29 is 28.7 Å². The number of benzene rings is 2. The number of amides is 3. The Morgan fingerprint density at radius 1 is 0.909 bits per heavy atom. The first kappa shape index (κ1) is 23.8. The van der Waals surface area contributed by atoms with E-state index in [1.807, 2.05) is 48.5 Å². The van der Waals surface area contributed by atoms with Crippen LogP contribution in [0, 0.1) is 0 Å². The highest BCUT2D eigenvalue weighted by molar-refractivity contribution is 6.33. The molecule has 0 aromatic heterocycles. The Bertz CT molecular complexity index is 1030. The van der Waals surface area contributed by atoms with Crippen molar-refractivity contribution in [2.75, 3.05) is 6.61 Å². The van der Waals surface area contributed by atoms with E-state index < -0.39 is 35.5 Å². The number of hydrazine groups is 1. The van der Waals surface area contributed by atoms with E-state index in [9.17, 15) is 19.2 Å². The minimum atomic E-state index is -1.10. The van der Waals surface area contributed by atoms with Crippen LogP contribution in [-0.4, -0.2) is 42.1 Å². The summed E-state index contributed by atoms with van der Waals surface area (Å²) in [5.41, 5.74) is 7.80. The first-order chi connectivity index (χ1) is 15.6. The van der Waals surface area contributed by atoms with Crippen LogP contribution in [0.1, 0.15) is 44.7 Å². The lowest BCUT2D eigenvalue weighted by Gasteiger charge is -2.20. The van der Waals surface area contributed by atoms with Crippen molar-refractivity contribution in [1.82, 2.24) is 16.2 Å². The summed E-state index contributed by atoms with van der Waals surface area (Å²) in [5, 5.41) is 2.21. The molecule has 0 bridgehead atoms. The topological polar surface area (TPSA) is 123 Å². The van der Waals surface area contributed by atoms with Crippen LogP contribution in [0.3, 0.4) is 0 Å². The second kappa shape index (κ2) is 9.72. The highest BCUT2D eigenvalue weighted by Gasteiger charge is 2.29. The molecule has 9 nitrogen and oxygen atoms in total. The standard InChI is InChI=1S/C24H27N3O6/c1-14(25-21(29)22(30)33-24(2,3)4)20(28)26-27-23(31)32-13-19-17-11-7-5-9-15(17)16-10-6-8-12-18(16)19/h5-12,14,19H,13H2,1-4H3,(H,25,29)(H,26,28)(H,27,31)/t14-/m0/s1. The van der Waals surface area contributed by atoms with Crippen molar-refractivity contribution in [3.63, 3.8) is 0 Å². The molecule has 2 aromatic carbocycles. The molecule has 0 unspecified atom stereocenters. The molecule has 0 spiro atoms. The second-order valence-electron chi connectivity index (χ2n) is 8.64. The number of hydrogen-bond acceptors (Lipinski definition) is 6. The van der Waals surface area contributed by atoms with Gasteiger partial charge in [0.25, 0.3) is 5.91 Å². The van der Waals surface area contributed by atoms with E-state index >= 15 is 0 Å². The van der Waals surface area contributed by atoms with Gasteiger partial charge in [0, 0.05) is 5.92 Å². The van der Waals surface area contributed by atoms with Gasteiger partial charge in [0.05, 0.1) is 0 Å². The number of fused-ring (bicyclic) bond motifs is 3. The van der Waals surface area contributed by atoms with E-state index in [-0.39, 0.29) is 12.5 Å². The molecule has 0 aliphatic heterocycles. The second-order valence-corrected chi connectivity index (χ2v) is 8.64. The van der Waals surface area contributed by atoms with Crippen LogP contribution in [0.4, 0.5) is 4.79 Å². The summed E-state index contributed by atoms with van der Waals surface area (Å²) < 4.78 is 10.3. The molecule has 0 heterocycles. The van der Waals surface area contributed by atoms with Gasteiger partial charge < -0.3 is 14.8 Å². The molecule has 174 valence electrons. The lowest BCUT2D eigenvalue weighted by molar-refractivity contribution is -0.163. The molecule has 9 heteroatoms. The molecule has 0 radical (unpaired) electrons. The SMILES string of the molecule is C[C@H](NC(=O)C(=O)OC(C)(C)C)C(=O)NNC(=O)OCC1c2ccccc2-c2ccccc21. The van der Waals surface area contributed by atoms with Crippen molar-refractivity contribution in [3.05, 3.63) is 59.7 Å². The molecule has 3 N–H and O–H groups in total. The van der Waals surface area contributed by atoms with Crippen molar-refractivity contribution >= 4 is 23.9 Å². The molecule has 1 atom stereocenters. The van der Waals surface area contributed by atoms with Crippen molar-refractivity contribution in [2.45, 2.75) is 45.3 Å². The number of esters is 1. The number of carbonyl (C=O) groups is 4. The molecule has 0 saturated carbocycles. The summed E-state index contributed by atoms with van der Waals surface area (Å²) in [7, 11) is 0. The van der Waals surface area contributed by atoms with E-state index in [0.29, 0.717) is 0 Å². The summed E-state index contributed by atoms with van der Waals surface area (Å²) in [6, 6.07) is 14.8. The smallest absolute Gasteiger partial charge is 0.426 e. The first-order valence-corrected chi connectivity index (χ1v) is 10.5. The zero-order chi connectivity index (χ0) is 24.2. The third-order valence-corrected chi connectivity index (χ3v) is 4.96. The summed E-state index contributed by atoms with van der Waals surface area (Å²) in [4.78, 5) is 47.8. The molecular formula is C24H27N3O6. The third-order valence-electron chi connectivity index (χ3n) is 4.96. The van der Waals surface area contributed by atoms with Crippen molar-refractivity contribution in [3.8, 4) is 11.1 Å². The van der Waals surface area contributed by atoms with Gasteiger partial charge in [-0.1, -0.05) is 48.5 Å². The van der Waals surface area contributed by atoms with Crippen LogP contribution >= 0.6 is 0 Å². The average molecular weight is 453 g/mol. The zero-order valence-corrected chi connectivity index (χ0v) is 18.9. The fraction of sp³-hybridized carbons (Fsp3) is 0.333. The van der Waals surface area contributed by atoms with Gasteiger partial charge in [-0.3, -0.25) is 15.0 Å². The molecule has 0 saturated heterocycles. The fourth-order valence-corrected chi connectivity index (χ4v) is 3.50. The predicted molar refractivity (Wildman–Crippen MR) is 120 cm³/mol. The van der Waals surface area contributed by atoms with Crippen LogP contribution in [0.25, 0.3) is 11.1 Å². The summed E-state index contributed by atoms with van der Waals surface area (Å²) in [6.07, 6.45) is -0.851. The number of nitrogens with one attached hydrogen (secondary N) is 3. The van der Waals surface area contributed by atoms with Gasteiger partial charge in [0.15, 0.2) is 0 Å². The Morgan fingerprint density at radius 3 is 2.00 bits per heavy atom. The highest BCUT2D eigenvalue weighted by atomic mass is 16.6. The molecule has 0 fully saturated rings. The molecule has 1 aliphatic carbocycles. The van der Waals surface area contributed by atoms with Crippen LogP contribution in [0.5, 0.6) is 0 Å². The van der Waals surface area contributed by atoms with Gasteiger partial charge in [0.1, 0.15) is 18.2 Å². The fourth-order valence-electron chi connectivity index (χ4n) is 3.50. The van der Waals surface area contributed by atoms with E-state index in [1.165, 1.54) is 6.92 Å². The maximum atomic E-state index is 12.1. The monoisotopic (exact) mass is 453 g/mol. The Balaban J connectivity index is 1.48. The van der Waals surface area contributed by atoms with Crippen LogP contribution in [0.15, 0.2) is 48.5 Å². The molecule has 1 aliphatic rings. The molecular weight excluding hydrogens is 426 g/mol. The average Bonchev–Trinajstić information content (AvgIpc) is 3.08.